The van der Waals surface area contributed by atoms with Gasteiger partial charge in [0.15, 0.2) is 0 Å². The van der Waals surface area contributed by atoms with Crippen molar-refractivity contribution in [3.8, 4) is 0 Å². The summed E-state index contributed by atoms with van der Waals surface area (Å²) in [6.07, 6.45) is 11.5. The van der Waals surface area contributed by atoms with Crippen LogP contribution in [0.4, 0.5) is 0 Å². The number of amides is 1. The van der Waals surface area contributed by atoms with Crippen molar-refractivity contribution in [1.82, 2.24) is 24.2 Å². The summed E-state index contributed by atoms with van der Waals surface area (Å²) in [4.78, 5) is 19.4. The maximum Gasteiger partial charge on any atom is 0.270 e. The molecular weight excluding hydrogens is 326 g/mol. The molecule has 0 spiro atoms. The molecule has 6 heteroatoms. The van der Waals surface area contributed by atoms with Crippen LogP contribution in [0.25, 0.3) is 0 Å². The van der Waals surface area contributed by atoms with E-state index in [0.29, 0.717) is 6.54 Å². The average molecular weight is 349 g/mol. The van der Waals surface area contributed by atoms with Gasteiger partial charge >= 0.3 is 0 Å². The number of carbonyl (C=O) groups excluding carboxylic acids is 1. The van der Waals surface area contributed by atoms with Crippen molar-refractivity contribution in [2.45, 2.75) is 38.9 Å². The Kier molecular flexibility index (Phi) is 4.56. The average Bonchev–Trinajstić information content (AvgIpc) is 3.38. The van der Waals surface area contributed by atoms with Gasteiger partial charge in [-0.2, -0.15) is 5.10 Å². The second-order valence-electron chi connectivity index (χ2n) is 6.92. The van der Waals surface area contributed by atoms with E-state index in [-0.39, 0.29) is 11.9 Å². The highest BCUT2D eigenvalue weighted by Crippen LogP contribution is 2.22. The Balaban J connectivity index is 1.51. The molecule has 4 rings (SSSR count). The van der Waals surface area contributed by atoms with Crippen molar-refractivity contribution in [3.63, 3.8) is 0 Å². The third-order valence-electron chi connectivity index (χ3n) is 4.92. The number of hydrogen-bond donors (Lipinski definition) is 0. The molecule has 1 amide bonds. The Morgan fingerprint density at radius 2 is 2.19 bits per heavy atom. The van der Waals surface area contributed by atoms with E-state index in [0.717, 1.165) is 42.8 Å². The van der Waals surface area contributed by atoms with Crippen molar-refractivity contribution >= 4 is 5.91 Å². The van der Waals surface area contributed by atoms with Crippen molar-refractivity contribution in [3.05, 3.63) is 72.1 Å². The largest absolute Gasteiger partial charge is 0.339 e. The van der Waals surface area contributed by atoms with E-state index in [1.54, 1.807) is 6.20 Å². The van der Waals surface area contributed by atoms with Gasteiger partial charge in [-0.3, -0.25) is 14.5 Å². The van der Waals surface area contributed by atoms with Crippen LogP contribution < -0.4 is 0 Å². The van der Waals surface area contributed by atoms with Gasteiger partial charge in [-0.05, 0) is 49.1 Å². The van der Waals surface area contributed by atoms with Crippen LogP contribution >= 0.6 is 0 Å². The number of nitrogens with zero attached hydrogens (tertiary/aromatic N) is 5. The molecule has 0 N–H and O–H groups in total. The monoisotopic (exact) mass is 349 g/mol. The topological polar surface area (TPSA) is 56.0 Å². The predicted molar refractivity (Wildman–Crippen MR) is 98.8 cm³/mol. The van der Waals surface area contributed by atoms with Gasteiger partial charge in [0.1, 0.15) is 5.69 Å². The smallest absolute Gasteiger partial charge is 0.270 e. The number of aryl methyl sites for hydroxylation is 1. The second-order valence-corrected chi connectivity index (χ2v) is 6.92. The molecule has 1 fully saturated rings. The van der Waals surface area contributed by atoms with Crippen LogP contribution in [0.5, 0.6) is 0 Å². The SMILES string of the molecule is Cc1cnn(CC2CCCN2C(=O)c2cccn2Cc2cccnc2)c1. The summed E-state index contributed by atoms with van der Waals surface area (Å²) in [5.74, 6) is 0.102. The highest BCUT2D eigenvalue weighted by Gasteiger charge is 2.31. The summed E-state index contributed by atoms with van der Waals surface area (Å²) in [5, 5.41) is 4.38. The number of carbonyl (C=O) groups is 1. The first-order chi connectivity index (χ1) is 12.7. The van der Waals surface area contributed by atoms with Crippen LogP contribution in [0.3, 0.4) is 0 Å². The predicted octanol–water partition coefficient (Wildman–Crippen LogP) is 2.74. The lowest BCUT2D eigenvalue weighted by Crippen LogP contribution is -2.39. The summed E-state index contributed by atoms with van der Waals surface area (Å²) in [7, 11) is 0. The molecule has 0 aliphatic carbocycles. The van der Waals surface area contributed by atoms with Gasteiger partial charge in [-0.1, -0.05) is 6.07 Å². The fourth-order valence-corrected chi connectivity index (χ4v) is 3.66. The second kappa shape index (κ2) is 7.15. The summed E-state index contributed by atoms with van der Waals surface area (Å²) in [5.41, 5.74) is 2.96. The molecule has 1 aliphatic rings. The minimum Gasteiger partial charge on any atom is -0.339 e. The summed E-state index contributed by atoms with van der Waals surface area (Å²) >= 11 is 0. The quantitative estimate of drug-likeness (QED) is 0.712. The van der Waals surface area contributed by atoms with Crippen LogP contribution in [0.15, 0.2) is 55.2 Å². The third-order valence-corrected chi connectivity index (χ3v) is 4.92. The van der Waals surface area contributed by atoms with E-state index < -0.39 is 0 Å². The van der Waals surface area contributed by atoms with Gasteiger partial charge < -0.3 is 9.47 Å². The molecule has 4 heterocycles. The molecule has 0 radical (unpaired) electrons. The molecule has 1 atom stereocenters. The molecule has 0 saturated carbocycles. The lowest BCUT2D eigenvalue weighted by Gasteiger charge is -2.25. The zero-order valence-electron chi connectivity index (χ0n) is 15.0. The van der Waals surface area contributed by atoms with E-state index in [1.807, 2.05) is 70.1 Å². The highest BCUT2D eigenvalue weighted by atomic mass is 16.2. The van der Waals surface area contributed by atoms with Crippen LogP contribution in [-0.2, 0) is 13.1 Å². The maximum absolute atomic E-state index is 13.2. The zero-order chi connectivity index (χ0) is 17.9. The Morgan fingerprint density at radius 1 is 1.27 bits per heavy atom. The van der Waals surface area contributed by atoms with Crippen LogP contribution in [0.1, 0.15) is 34.5 Å². The first-order valence-corrected chi connectivity index (χ1v) is 9.05. The molecular formula is C20H23N5O. The fraction of sp³-hybridized carbons (Fsp3) is 0.350. The zero-order valence-corrected chi connectivity index (χ0v) is 15.0. The van der Waals surface area contributed by atoms with E-state index in [9.17, 15) is 4.79 Å². The number of hydrogen-bond acceptors (Lipinski definition) is 3. The Bertz CT molecular complexity index is 883. The number of likely N-dealkylation sites (tertiary alicyclic amines) is 1. The van der Waals surface area contributed by atoms with E-state index >= 15 is 0 Å². The molecule has 1 unspecified atom stereocenters. The molecule has 26 heavy (non-hydrogen) atoms. The number of rotatable bonds is 5. The lowest BCUT2D eigenvalue weighted by atomic mass is 10.2. The standard InChI is InChI=1S/C20H23N5O/c1-16-11-22-24(13-16)15-18-6-3-10-25(18)20(26)19-7-4-9-23(19)14-17-5-2-8-21-12-17/h2,4-5,7-9,11-13,18H,3,6,10,14-15H2,1H3. The molecule has 3 aromatic heterocycles. The van der Waals surface area contributed by atoms with Crippen LogP contribution in [0, 0.1) is 6.92 Å². The van der Waals surface area contributed by atoms with Crippen LogP contribution in [-0.4, -0.2) is 42.7 Å². The molecule has 0 aromatic carbocycles. The minimum absolute atomic E-state index is 0.102. The van der Waals surface area contributed by atoms with Gasteiger partial charge in [0, 0.05) is 37.9 Å². The highest BCUT2D eigenvalue weighted by molar-refractivity contribution is 5.93. The van der Waals surface area contributed by atoms with Gasteiger partial charge in [0.2, 0.25) is 0 Å². The summed E-state index contributed by atoms with van der Waals surface area (Å²) in [6.45, 7) is 4.25. The fourth-order valence-electron chi connectivity index (χ4n) is 3.66. The first kappa shape index (κ1) is 16.6. The summed E-state index contributed by atoms with van der Waals surface area (Å²) in [6, 6.07) is 7.99. The van der Waals surface area contributed by atoms with Crippen molar-refractivity contribution in [1.29, 1.82) is 0 Å². The number of aromatic nitrogens is 4. The molecule has 1 aliphatic heterocycles. The molecule has 134 valence electrons. The molecule has 3 aromatic rings. The minimum atomic E-state index is 0.102. The van der Waals surface area contributed by atoms with Gasteiger partial charge in [-0.15, -0.1) is 0 Å². The third kappa shape index (κ3) is 3.40. The van der Waals surface area contributed by atoms with E-state index in [1.165, 1.54) is 0 Å². The number of pyridine rings is 1. The summed E-state index contributed by atoms with van der Waals surface area (Å²) < 4.78 is 3.95. The van der Waals surface area contributed by atoms with Gasteiger partial charge in [0.25, 0.3) is 5.91 Å². The van der Waals surface area contributed by atoms with Crippen molar-refractivity contribution in [2.75, 3.05) is 6.54 Å². The van der Waals surface area contributed by atoms with Crippen molar-refractivity contribution < 1.29 is 4.79 Å². The maximum atomic E-state index is 13.2. The normalized spacial score (nSPS) is 17.0. The first-order valence-electron chi connectivity index (χ1n) is 9.05. The lowest BCUT2D eigenvalue weighted by molar-refractivity contribution is 0.0711. The Hall–Kier alpha value is -2.89. The Labute approximate surface area is 153 Å². The van der Waals surface area contributed by atoms with Crippen molar-refractivity contribution in [2.24, 2.45) is 0 Å². The van der Waals surface area contributed by atoms with E-state index in [4.69, 9.17) is 0 Å². The van der Waals surface area contributed by atoms with Gasteiger partial charge in [-0.25, -0.2) is 0 Å². The molecule has 6 nitrogen and oxygen atoms in total. The van der Waals surface area contributed by atoms with Crippen LogP contribution in [0.2, 0.25) is 0 Å². The Morgan fingerprint density at radius 3 is 2.96 bits per heavy atom. The molecule has 0 bridgehead atoms. The molecule has 1 saturated heterocycles. The van der Waals surface area contributed by atoms with Gasteiger partial charge in [0.05, 0.1) is 18.8 Å². The van der Waals surface area contributed by atoms with E-state index in [2.05, 4.69) is 10.1 Å².